The van der Waals surface area contributed by atoms with Crippen molar-refractivity contribution in [2.24, 2.45) is 0 Å². The predicted octanol–water partition coefficient (Wildman–Crippen LogP) is 2.43. The number of anilines is 1. The summed E-state index contributed by atoms with van der Waals surface area (Å²) in [5.41, 5.74) is 2.03. The average molecular weight is 346 g/mol. The van der Waals surface area contributed by atoms with Crippen LogP contribution in [0.15, 0.2) is 49.6 Å². The number of benzene rings is 1. The second-order valence-electron chi connectivity index (χ2n) is 5.31. The van der Waals surface area contributed by atoms with Crippen molar-refractivity contribution in [2.75, 3.05) is 25.6 Å². The number of hydrogen-bond acceptors (Lipinski definition) is 6. The number of hydrogen-bond donors (Lipinski definition) is 2. The molecule has 1 aromatic rings. The lowest BCUT2D eigenvalue weighted by Gasteiger charge is -2.17. The molecule has 1 aromatic carbocycles. The van der Waals surface area contributed by atoms with E-state index in [0.29, 0.717) is 13.0 Å². The molecular weight excluding hydrogens is 320 g/mol. The Labute approximate surface area is 148 Å². The molecule has 0 amide bonds. The summed E-state index contributed by atoms with van der Waals surface area (Å²) in [5, 5.41) is 6.18. The minimum absolute atomic E-state index is 0.118. The first-order valence-electron chi connectivity index (χ1n) is 8.14. The van der Waals surface area contributed by atoms with Crippen LogP contribution in [0.5, 0.6) is 0 Å². The van der Waals surface area contributed by atoms with Crippen LogP contribution in [0.3, 0.4) is 0 Å². The molecule has 0 unspecified atom stereocenters. The van der Waals surface area contributed by atoms with Crippen molar-refractivity contribution >= 4 is 17.6 Å². The molecule has 0 spiro atoms. The Bertz CT molecular complexity index is 569. The lowest BCUT2D eigenvalue weighted by Crippen LogP contribution is -2.38. The number of carbonyl (C=O) groups is 2. The molecule has 0 aliphatic rings. The van der Waals surface area contributed by atoms with Crippen LogP contribution in [-0.4, -0.2) is 38.2 Å². The number of ether oxygens (including phenoxy) is 2. The molecule has 6 nitrogen and oxygen atoms in total. The van der Waals surface area contributed by atoms with E-state index in [9.17, 15) is 9.59 Å². The van der Waals surface area contributed by atoms with Crippen molar-refractivity contribution in [3.8, 4) is 0 Å². The first-order valence-corrected chi connectivity index (χ1v) is 8.14. The van der Waals surface area contributed by atoms with Gasteiger partial charge in [0, 0.05) is 25.7 Å². The Morgan fingerprint density at radius 3 is 2.36 bits per heavy atom. The summed E-state index contributed by atoms with van der Waals surface area (Å²) in [6.07, 6.45) is 3.42. The van der Waals surface area contributed by atoms with Crippen LogP contribution in [0.1, 0.15) is 18.4 Å². The van der Waals surface area contributed by atoms with Gasteiger partial charge in [0.15, 0.2) is 0 Å². The molecule has 2 N–H and O–H groups in total. The monoisotopic (exact) mass is 346 g/mol. The van der Waals surface area contributed by atoms with Crippen LogP contribution in [0.2, 0.25) is 0 Å². The quantitative estimate of drug-likeness (QED) is 0.447. The molecule has 0 aromatic heterocycles. The molecule has 0 heterocycles. The molecular formula is C19H26N2O4. The van der Waals surface area contributed by atoms with Crippen molar-refractivity contribution in [3.63, 3.8) is 0 Å². The van der Waals surface area contributed by atoms with E-state index in [4.69, 9.17) is 9.47 Å². The summed E-state index contributed by atoms with van der Waals surface area (Å²) < 4.78 is 10.0. The summed E-state index contributed by atoms with van der Waals surface area (Å²) >= 11 is 0. The highest BCUT2D eigenvalue weighted by molar-refractivity contribution is 5.77. The molecule has 0 aliphatic heterocycles. The summed E-state index contributed by atoms with van der Waals surface area (Å²) in [7, 11) is 1.85. The first-order chi connectivity index (χ1) is 12.1. The Balaban J connectivity index is 2.59. The SMILES string of the molecule is C=CCOC(=O)CC[C@H](NCc1ccc(NC)cc1)C(=O)OCC=C. The smallest absolute Gasteiger partial charge is 0.323 e. The second-order valence-corrected chi connectivity index (χ2v) is 5.31. The summed E-state index contributed by atoms with van der Waals surface area (Å²) in [4.78, 5) is 23.8. The Hall–Kier alpha value is -2.60. The van der Waals surface area contributed by atoms with Crippen LogP contribution in [0.25, 0.3) is 0 Å². The lowest BCUT2D eigenvalue weighted by molar-refractivity contribution is -0.146. The van der Waals surface area contributed by atoms with Gasteiger partial charge in [-0.25, -0.2) is 0 Å². The normalized spacial score (nSPS) is 11.2. The fraction of sp³-hybridized carbons (Fsp3) is 0.368. The van der Waals surface area contributed by atoms with Crippen molar-refractivity contribution in [1.29, 1.82) is 0 Å². The van der Waals surface area contributed by atoms with Crippen molar-refractivity contribution in [3.05, 3.63) is 55.1 Å². The summed E-state index contributed by atoms with van der Waals surface area (Å²) in [5.74, 6) is -0.787. The Kier molecular flexibility index (Phi) is 9.70. The maximum Gasteiger partial charge on any atom is 0.323 e. The third-order valence-electron chi connectivity index (χ3n) is 3.42. The van der Waals surface area contributed by atoms with E-state index < -0.39 is 12.0 Å². The van der Waals surface area contributed by atoms with E-state index in [1.54, 1.807) is 0 Å². The molecule has 1 rings (SSSR count). The molecule has 6 heteroatoms. The fourth-order valence-electron chi connectivity index (χ4n) is 2.06. The van der Waals surface area contributed by atoms with Crippen LogP contribution in [0.4, 0.5) is 5.69 Å². The van der Waals surface area contributed by atoms with E-state index in [0.717, 1.165) is 11.3 Å². The van der Waals surface area contributed by atoms with Crippen molar-refractivity contribution < 1.29 is 19.1 Å². The van der Waals surface area contributed by atoms with Gasteiger partial charge < -0.3 is 20.1 Å². The Morgan fingerprint density at radius 2 is 1.76 bits per heavy atom. The van der Waals surface area contributed by atoms with Gasteiger partial charge in [0.25, 0.3) is 0 Å². The van der Waals surface area contributed by atoms with Gasteiger partial charge in [-0.05, 0) is 24.1 Å². The van der Waals surface area contributed by atoms with Gasteiger partial charge in [-0.3, -0.25) is 9.59 Å². The molecule has 0 saturated carbocycles. The first kappa shape index (κ1) is 20.4. The van der Waals surface area contributed by atoms with Crippen LogP contribution in [0, 0.1) is 0 Å². The van der Waals surface area contributed by atoms with Gasteiger partial charge in [-0.1, -0.05) is 37.4 Å². The lowest BCUT2D eigenvalue weighted by atomic mass is 10.1. The highest BCUT2D eigenvalue weighted by atomic mass is 16.5. The Morgan fingerprint density at radius 1 is 1.12 bits per heavy atom. The topological polar surface area (TPSA) is 76.7 Å². The van der Waals surface area contributed by atoms with E-state index in [1.165, 1.54) is 12.2 Å². The zero-order valence-corrected chi connectivity index (χ0v) is 14.6. The van der Waals surface area contributed by atoms with Crippen LogP contribution < -0.4 is 10.6 Å². The molecule has 0 fully saturated rings. The highest BCUT2D eigenvalue weighted by Crippen LogP contribution is 2.10. The predicted molar refractivity (Wildman–Crippen MR) is 98.2 cm³/mol. The zero-order chi connectivity index (χ0) is 18.5. The van der Waals surface area contributed by atoms with Gasteiger partial charge in [-0.15, -0.1) is 0 Å². The van der Waals surface area contributed by atoms with Crippen molar-refractivity contribution in [2.45, 2.75) is 25.4 Å². The molecule has 0 bridgehead atoms. The minimum atomic E-state index is -0.597. The van der Waals surface area contributed by atoms with Gasteiger partial charge in [0.2, 0.25) is 0 Å². The standard InChI is InChI=1S/C19H26N2O4/c1-4-12-24-18(22)11-10-17(19(23)25-13-5-2)21-14-15-6-8-16(20-3)9-7-15/h4-9,17,20-21H,1-2,10-14H2,3H3/t17-/m0/s1. The van der Waals surface area contributed by atoms with E-state index in [1.807, 2.05) is 31.3 Å². The van der Waals surface area contributed by atoms with Crippen molar-refractivity contribution in [1.82, 2.24) is 5.32 Å². The maximum atomic E-state index is 12.1. The van der Waals surface area contributed by atoms with E-state index >= 15 is 0 Å². The van der Waals surface area contributed by atoms with Gasteiger partial charge in [0.05, 0.1) is 0 Å². The second kappa shape index (κ2) is 11.9. The third-order valence-corrected chi connectivity index (χ3v) is 3.42. The fourth-order valence-corrected chi connectivity index (χ4v) is 2.06. The number of carbonyl (C=O) groups excluding carboxylic acids is 2. The third kappa shape index (κ3) is 8.17. The molecule has 0 aliphatic carbocycles. The summed E-state index contributed by atoms with van der Waals surface area (Å²) in [6.45, 7) is 7.79. The van der Waals surface area contributed by atoms with Crippen LogP contribution >= 0.6 is 0 Å². The molecule has 0 saturated heterocycles. The molecule has 0 radical (unpaired) electrons. The largest absolute Gasteiger partial charge is 0.461 e. The van der Waals surface area contributed by atoms with Gasteiger partial charge in [0.1, 0.15) is 19.3 Å². The zero-order valence-electron chi connectivity index (χ0n) is 14.6. The number of nitrogens with one attached hydrogen (secondary N) is 2. The van der Waals surface area contributed by atoms with Gasteiger partial charge in [-0.2, -0.15) is 0 Å². The number of esters is 2. The number of rotatable bonds is 12. The molecule has 25 heavy (non-hydrogen) atoms. The van der Waals surface area contributed by atoms with E-state index in [-0.39, 0.29) is 25.6 Å². The van der Waals surface area contributed by atoms with E-state index in [2.05, 4.69) is 23.8 Å². The molecule has 136 valence electrons. The summed E-state index contributed by atoms with van der Waals surface area (Å²) in [6, 6.07) is 7.23. The van der Waals surface area contributed by atoms with Gasteiger partial charge >= 0.3 is 11.9 Å². The maximum absolute atomic E-state index is 12.1. The minimum Gasteiger partial charge on any atom is -0.461 e. The molecule has 1 atom stereocenters. The average Bonchev–Trinajstić information content (AvgIpc) is 2.64. The van der Waals surface area contributed by atoms with Crippen LogP contribution in [-0.2, 0) is 25.6 Å². The highest BCUT2D eigenvalue weighted by Gasteiger charge is 2.21.